The fraction of sp³-hybridized carbons (Fsp3) is 0.154. The van der Waals surface area contributed by atoms with Crippen LogP contribution in [0.2, 0.25) is 0 Å². The Hall–Kier alpha value is -4.31. The van der Waals surface area contributed by atoms with Gasteiger partial charge in [0, 0.05) is 13.1 Å². The first kappa shape index (κ1) is 23.4. The molecule has 36 heavy (non-hydrogen) atoms. The minimum atomic E-state index is -1.13. The summed E-state index contributed by atoms with van der Waals surface area (Å²) < 4.78 is 21.6. The van der Waals surface area contributed by atoms with Crippen molar-refractivity contribution in [3.8, 4) is 11.4 Å². The Bertz CT molecular complexity index is 1500. The lowest BCUT2D eigenvalue weighted by atomic mass is 10.1. The van der Waals surface area contributed by atoms with Crippen LogP contribution in [0.3, 0.4) is 0 Å². The maximum absolute atomic E-state index is 14.4. The molecule has 0 radical (unpaired) electrons. The fourth-order valence-electron chi connectivity index (χ4n) is 3.80. The number of anilines is 1. The molecule has 0 spiro atoms. The van der Waals surface area contributed by atoms with Crippen LogP contribution >= 0.6 is 11.3 Å². The minimum Gasteiger partial charge on any atom is -0.497 e. The number of methoxy groups -OCH3 is 1. The van der Waals surface area contributed by atoms with Crippen molar-refractivity contribution >= 4 is 32.7 Å². The van der Waals surface area contributed by atoms with Crippen molar-refractivity contribution in [2.24, 2.45) is 0 Å². The Balaban J connectivity index is 1.39. The van der Waals surface area contributed by atoms with E-state index < -0.39 is 5.97 Å². The molecule has 0 aliphatic rings. The van der Waals surface area contributed by atoms with Gasteiger partial charge in [-0.3, -0.25) is 0 Å². The van der Waals surface area contributed by atoms with Gasteiger partial charge in [-0.15, -0.1) is 5.10 Å². The van der Waals surface area contributed by atoms with E-state index in [1.54, 1.807) is 13.2 Å². The van der Waals surface area contributed by atoms with Gasteiger partial charge in [0.25, 0.3) is 0 Å². The zero-order chi connectivity index (χ0) is 25.1. The van der Waals surface area contributed by atoms with Crippen LogP contribution in [0.1, 0.15) is 21.6 Å². The lowest BCUT2D eigenvalue weighted by Crippen LogP contribution is -2.25. The number of fused-ring (bicyclic) bond motifs is 1. The molecule has 1 N–H and O–H groups in total. The topological polar surface area (TPSA) is 93.4 Å². The summed E-state index contributed by atoms with van der Waals surface area (Å²) in [6.45, 7) is 1.25. The molecule has 2 heterocycles. The van der Waals surface area contributed by atoms with Crippen LogP contribution in [-0.4, -0.2) is 44.7 Å². The van der Waals surface area contributed by atoms with E-state index in [1.165, 1.54) is 28.3 Å². The Morgan fingerprint density at radius 2 is 1.83 bits per heavy atom. The molecule has 0 bridgehead atoms. The molecule has 0 aliphatic carbocycles. The molecule has 0 amide bonds. The van der Waals surface area contributed by atoms with E-state index in [0.717, 1.165) is 28.4 Å². The van der Waals surface area contributed by atoms with Crippen LogP contribution in [-0.2, 0) is 13.0 Å². The van der Waals surface area contributed by atoms with Crippen LogP contribution in [0, 0.1) is 5.82 Å². The number of hydrogen-bond acceptors (Lipinski definition) is 7. The number of carboxylic acid groups (broad SMARTS) is 1. The van der Waals surface area contributed by atoms with Gasteiger partial charge < -0.3 is 14.7 Å². The second-order valence-corrected chi connectivity index (χ2v) is 9.10. The number of halogens is 1. The van der Waals surface area contributed by atoms with Crippen molar-refractivity contribution in [1.29, 1.82) is 0 Å². The van der Waals surface area contributed by atoms with Crippen LogP contribution in [0.5, 0.6) is 5.75 Å². The number of carbonyl (C=O) groups is 1. The third-order valence-electron chi connectivity index (χ3n) is 5.74. The lowest BCUT2D eigenvalue weighted by molar-refractivity contribution is 0.0690. The van der Waals surface area contributed by atoms with Crippen molar-refractivity contribution in [1.82, 2.24) is 20.0 Å². The first-order valence-electron chi connectivity index (χ1n) is 11.2. The average Bonchev–Trinajstić information content (AvgIpc) is 3.56. The Morgan fingerprint density at radius 1 is 1.08 bits per heavy atom. The predicted molar refractivity (Wildman–Crippen MR) is 136 cm³/mol. The quantitative estimate of drug-likeness (QED) is 0.303. The van der Waals surface area contributed by atoms with Gasteiger partial charge in [-0.25, -0.2) is 18.9 Å². The highest BCUT2D eigenvalue weighted by Gasteiger charge is 2.16. The average molecular weight is 504 g/mol. The SMILES string of the molecule is COc1ccc(CCN(Cc2ccc(-n3cc(C(=O)O)nn3)cc2)c2nc3cccc(F)c3s2)cc1. The van der Waals surface area contributed by atoms with Gasteiger partial charge >= 0.3 is 5.97 Å². The smallest absolute Gasteiger partial charge is 0.358 e. The number of carboxylic acids is 1. The molecule has 3 aromatic carbocycles. The normalized spacial score (nSPS) is 11.1. The standard InChI is InChI=1S/C26H22FN5O3S/c1-35-20-11-7-17(8-12-20)13-14-31(26-28-22-4-2-3-21(27)24(22)36-26)15-18-5-9-19(10-6-18)32-16-23(25(33)34)29-30-32/h2-12,16H,13-15H2,1H3,(H,33,34). The number of benzene rings is 3. The summed E-state index contributed by atoms with van der Waals surface area (Å²) in [6, 6.07) is 20.5. The maximum Gasteiger partial charge on any atom is 0.358 e. The number of aromatic nitrogens is 4. The Morgan fingerprint density at radius 3 is 2.50 bits per heavy atom. The molecule has 0 aliphatic heterocycles. The second-order valence-electron chi connectivity index (χ2n) is 8.12. The van der Waals surface area contributed by atoms with Gasteiger partial charge in [0.1, 0.15) is 11.6 Å². The van der Waals surface area contributed by atoms with E-state index in [4.69, 9.17) is 14.8 Å². The van der Waals surface area contributed by atoms with Crippen LogP contribution in [0.4, 0.5) is 9.52 Å². The van der Waals surface area contributed by atoms with E-state index in [-0.39, 0.29) is 11.5 Å². The Labute approximate surface area is 210 Å². The number of hydrogen-bond donors (Lipinski definition) is 1. The van der Waals surface area contributed by atoms with Gasteiger partial charge in [0.15, 0.2) is 10.8 Å². The van der Waals surface area contributed by atoms with Crippen LogP contribution in [0.15, 0.2) is 72.9 Å². The van der Waals surface area contributed by atoms with Crippen molar-refractivity contribution in [3.63, 3.8) is 0 Å². The van der Waals surface area contributed by atoms with Crippen LogP contribution < -0.4 is 9.64 Å². The first-order chi connectivity index (χ1) is 17.5. The summed E-state index contributed by atoms with van der Waals surface area (Å²) in [6.07, 6.45) is 2.14. The lowest BCUT2D eigenvalue weighted by Gasteiger charge is -2.22. The van der Waals surface area contributed by atoms with Crippen molar-refractivity contribution in [2.75, 3.05) is 18.6 Å². The second kappa shape index (κ2) is 10.1. The van der Waals surface area contributed by atoms with E-state index in [2.05, 4.69) is 15.2 Å². The predicted octanol–water partition coefficient (Wildman–Crippen LogP) is 4.97. The molecule has 10 heteroatoms. The fourth-order valence-corrected chi connectivity index (χ4v) is 4.80. The van der Waals surface area contributed by atoms with Crippen molar-refractivity contribution < 1.29 is 19.0 Å². The molecule has 8 nitrogen and oxygen atoms in total. The van der Waals surface area contributed by atoms with Gasteiger partial charge in [0.05, 0.1) is 29.2 Å². The summed E-state index contributed by atoms with van der Waals surface area (Å²) in [5.41, 5.74) is 3.40. The van der Waals surface area contributed by atoms with E-state index >= 15 is 0 Å². The highest BCUT2D eigenvalue weighted by atomic mass is 32.1. The Kier molecular flexibility index (Phi) is 6.59. The molecule has 2 aromatic heterocycles. The summed E-state index contributed by atoms with van der Waals surface area (Å²) >= 11 is 1.34. The molecule has 182 valence electrons. The number of rotatable bonds is 9. The van der Waals surface area contributed by atoms with E-state index in [9.17, 15) is 9.18 Å². The molecular formula is C26H22FN5O3S. The van der Waals surface area contributed by atoms with Gasteiger partial charge in [-0.2, -0.15) is 0 Å². The van der Waals surface area contributed by atoms with Gasteiger partial charge in [-0.05, 0) is 53.9 Å². The number of aromatic carboxylic acids is 1. The van der Waals surface area contributed by atoms with E-state index in [1.807, 2.05) is 54.6 Å². The summed E-state index contributed by atoms with van der Waals surface area (Å²) in [7, 11) is 1.64. The van der Waals surface area contributed by atoms with Crippen molar-refractivity contribution in [2.45, 2.75) is 13.0 Å². The number of ether oxygens (including phenoxy) is 1. The highest BCUT2D eigenvalue weighted by molar-refractivity contribution is 7.22. The van der Waals surface area contributed by atoms with Gasteiger partial charge in [-0.1, -0.05) is 46.9 Å². The molecule has 0 saturated carbocycles. The number of nitrogens with zero attached hydrogens (tertiary/aromatic N) is 5. The largest absolute Gasteiger partial charge is 0.497 e. The summed E-state index contributed by atoms with van der Waals surface area (Å²) in [4.78, 5) is 17.9. The zero-order valence-corrected chi connectivity index (χ0v) is 20.2. The molecule has 0 unspecified atom stereocenters. The summed E-state index contributed by atoms with van der Waals surface area (Å²) in [5, 5.41) is 17.3. The monoisotopic (exact) mass is 503 g/mol. The van der Waals surface area contributed by atoms with E-state index in [0.29, 0.717) is 29.0 Å². The first-order valence-corrected chi connectivity index (χ1v) is 12.0. The third-order valence-corrected chi connectivity index (χ3v) is 6.88. The number of thiazole rings is 1. The highest BCUT2D eigenvalue weighted by Crippen LogP contribution is 2.32. The van der Waals surface area contributed by atoms with Crippen LogP contribution in [0.25, 0.3) is 15.9 Å². The summed E-state index contributed by atoms with van der Waals surface area (Å²) in [5.74, 6) is -0.595. The molecule has 5 aromatic rings. The van der Waals surface area contributed by atoms with Gasteiger partial charge in [0.2, 0.25) is 0 Å². The molecule has 0 saturated heterocycles. The zero-order valence-electron chi connectivity index (χ0n) is 19.3. The molecule has 0 atom stereocenters. The molecular weight excluding hydrogens is 481 g/mol. The third kappa shape index (κ3) is 5.03. The molecule has 5 rings (SSSR count). The maximum atomic E-state index is 14.4. The molecule has 0 fully saturated rings. The van der Waals surface area contributed by atoms with Crippen molar-refractivity contribution in [3.05, 3.63) is 95.6 Å². The minimum absolute atomic E-state index is 0.119.